The maximum atomic E-state index is 5.76. The van der Waals surface area contributed by atoms with Gasteiger partial charge in [0.05, 0.1) is 10.1 Å². The number of fused-ring (bicyclic) bond motifs is 1. The zero-order valence-electron chi connectivity index (χ0n) is 14.0. The van der Waals surface area contributed by atoms with E-state index in [1.165, 1.54) is 11.8 Å². The molecule has 0 aliphatic carbocycles. The highest BCUT2D eigenvalue weighted by atomic mass is 32.2. The van der Waals surface area contributed by atoms with Gasteiger partial charge in [0.2, 0.25) is 18.6 Å². The smallest absolute Gasteiger partial charge is 0.277 e. The number of aromatic nitrogens is 4. The van der Waals surface area contributed by atoms with Gasteiger partial charge in [0.15, 0.2) is 11.5 Å². The van der Waals surface area contributed by atoms with E-state index in [-0.39, 0.29) is 12.0 Å². The number of hydrogen-bond acceptors (Lipinski definition) is 10. The van der Waals surface area contributed by atoms with Crippen molar-refractivity contribution in [1.82, 2.24) is 20.4 Å². The summed E-state index contributed by atoms with van der Waals surface area (Å²) >= 11 is 2.91. The molecule has 0 fully saturated rings. The van der Waals surface area contributed by atoms with Crippen LogP contribution in [0.1, 0.15) is 18.1 Å². The normalized spacial score (nSPS) is 13.8. The largest absolute Gasteiger partial charge is 0.454 e. The number of rotatable bonds is 5. The van der Waals surface area contributed by atoms with Crippen LogP contribution in [0, 0.1) is 0 Å². The molecule has 136 valence electrons. The molecule has 0 spiro atoms. The van der Waals surface area contributed by atoms with Crippen LogP contribution in [-0.2, 0) is 0 Å². The zero-order chi connectivity index (χ0) is 18.2. The first-order valence-electron chi connectivity index (χ1n) is 8.04. The van der Waals surface area contributed by atoms with Crippen molar-refractivity contribution in [3.8, 4) is 33.7 Å². The van der Waals surface area contributed by atoms with Crippen molar-refractivity contribution < 1.29 is 18.3 Å². The van der Waals surface area contributed by atoms with Crippen molar-refractivity contribution >= 4 is 23.1 Å². The minimum atomic E-state index is -0.128. The van der Waals surface area contributed by atoms with E-state index in [4.69, 9.17) is 18.3 Å². The Kier molecular flexibility index (Phi) is 4.06. The summed E-state index contributed by atoms with van der Waals surface area (Å²) < 4.78 is 22.2. The first kappa shape index (κ1) is 16.3. The molecule has 8 nitrogen and oxygen atoms in total. The Morgan fingerprint density at radius 3 is 2.78 bits per heavy atom. The quantitative estimate of drug-likeness (QED) is 0.451. The van der Waals surface area contributed by atoms with Crippen molar-refractivity contribution in [3.63, 3.8) is 0 Å². The molecule has 27 heavy (non-hydrogen) atoms. The van der Waals surface area contributed by atoms with E-state index in [2.05, 4.69) is 20.4 Å². The molecule has 0 radical (unpaired) electrons. The van der Waals surface area contributed by atoms with Crippen molar-refractivity contribution in [2.75, 3.05) is 6.79 Å². The standard InChI is InChI=1S/C17H12N4O4S2/c1-9(14-18-20-16(24-14)13-3-2-6-26-13)27-17-21-19-15(25-17)10-4-5-11-12(7-10)23-8-22-11/h2-7,9H,8H2,1H3/t9-/m0/s1. The maximum Gasteiger partial charge on any atom is 0.277 e. The summed E-state index contributed by atoms with van der Waals surface area (Å²) in [6.45, 7) is 2.17. The van der Waals surface area contributed by atoms with E-state index >= 15 is 0 Å². The number of thiophene rings is 1. The summed E-state index contributed by atoms with van der Waals surface area (Å²) in [5.74, 6) is 2.80. The average molecular weight is 400 g/mol. The van der Waals surface area contributed by atoms with Gasteiger partial charge in [0.1, 0.15) is 0 Å². The molecule has 3 aromatic heterocycles. The van der Waals surface area contributed by atoms with E-state index in [0.29, 0.717) is 34.4 Å². The molecule has 0 bridgehead atoms. The Morgan fingerprint density at radius 2 is 1.89 bits per heavy atom. The van der Waals surface area contributed by atoms with Gasteiger partial charge in [-0.25, -0.2) is 0 Å². The van der Waals surface area contributed by atoms with Crippen molar-refractivity contribution in [2.24, 2.45) is 0 Å². The number of ether oxygens (including phenoxy) is 2. The lowest BCUT2D eigenvalue weighted by molar-refractivity contribution is 0.174. The first-order chi connectivity index (χ1) is 13.3. The van der Waals surface area contributed by atoms with Crippen LogP contribution in [-0.4, -0.2) is 27.2 Å². The van der Waals surface area contributed by atoms with Gasteiger partial charge in [-0.2, -0.15) is 0 Å². The zero-order valence-corrected chi connectivity index (χ0v) is 15.6. The Balaban J connectivity index is 1.32. The van der Waals surface area contributed by atoms with E-state index in [1.54, 1.807) is 11.3 Å². The molecule has 1 aliphatic heterocycles. The van der Waals surface area contributed by atoms with Crippen molar-refractivity contribution in [1.29, 1.82) is 0 Å². The molecule has 0 saturated heterocycles. The van der Waals surface area contributed by atoms with Gasteiger partial charge in [0, 0.05) is 5.56 Å². The Labute approximate surface area is 161 Å². The third-order valence-corrected chi connectivity index (χ3v) is 5.60. The van der Waals surface area contributed by atoms with Crippen LogP contribution >= 0.6 is 23.1 Å². The molecule has 4 aromatic rings. The average Bonchev–Trinajstić information content (AvgIpc) is 3.47. The van der Waals surface area contributed by atoms with Crippen molar-refractivity contribution in [2.45, 2.75) is 17.4 Å². The van der Waals surface area contributed by atoms with Gasteiger partial charge in [-0.05, 0) is 36.6 Å². The second kappa shape index (κ2) is 6.71. The van der Waals surface area contributed by atoms with Gasteiger partial charge < -0.3 is 18.3 Å². The summed E-state index contributed by atoms with van der Waals surface area (Å²) in [6.07, 6.45) is 0. The predicted octanol–water partition coefficient (Wildman–Crippen LogP) is 4.43. The second-order valence-corrected chi connectivity index (χ2v) is 7.86. The number of nitrogens with zero attached hydrogens (tertiary/aromatic N) is 4. The summed E-state index contributed by atoms with van der Waals surface area (Å²) in [4.78, 5) is 0.939. The lowest BCUT2D eigenvalue weighted by Gasteiger charge is -2.01. The molecule has 0 amide bonds. The van der Waals surface area contributed by atoms with E-state index in [0.717, 1.165) is 10.4 Å². The van der Waals surface area contributed by atoms with Gasteiger partial charge in [0.25, 0.3) is 11.1 Å². The summed E-state index contributed by atoms with van der Waals surface area (Å²) in [5, 5.41) is 18.7. The number of hydrogen-bond donors (Lipinski definition) is 0. The highest BCUT2D eigenvalue weighted by Crippen LogP contribution is 2.38. The topological polar surface area (TPSA) is 96.3 Å². The van der Waals surface area contributed by atoms with Gasteiger partial charge >= 0.3 is 0 Å². The lowest BCUT2D eigenvalue weighted by atomic mass is 10.2. The van der Waals surface area contributed by atoms with Crippen LogP contribution in [0.2, 0.25) is 0 Å². The third-order valence-electron chi connectivity index (χ3n) is 3.82. The van der Waals surface area contributed by atoms with Gasteiger partial charge in [-0.3, -0.25) is 0 Å². The Morgan fingerprint density at radius 1 is 1.00 bits per heavy atom. The fourth-order valence-corrected chi connectivity index (χ4v) is 3.86. The summed E-state index contributed by atoms with van der Waals surface area (Å²) in [7, 11) is 0. The highest BCUT2D eigenvalue weighted by molar-refractivity contribution is 7.99. The molecule has 1 atom stereocenters. The van der Waals surface area contributed by atoms with E-state index in [9.17, 15) is 0 Å². The van der Waals surface area contributed by atoms with E-state index < -0.39 is 0 Å². The fourth-order valence-electron chi connectivity index (χ4n) is 2.50. The molecular weight excluding hydrogens is 388 g/mol. The molecule has 0 unspecified atom stereocenters. The SMILES string of the molecule is C[C@H](Sc1nnc(-c2ccc3c(c2)OCO3)o1)c1nnc(-c2cccs2)o1. The first-order valence-corrected chi connectivity index (χ1v) is 9.79. The molecule has 10 heteroatoms. The Bertz CT molecular complexity index is 1080. The molecule has 4 heterocycles. The molecular formula is C17H12N4O4S2. The molecule has 1 aliphatic rings. The lowest BCUT2D eigenvalue weighted by Crippen LogP contribution is -1.92. The second-order valence-electron chi connectivity index (χ2n) is 5.62. The van der Waals surface area contributed by atoms with Crippen LogP contribution in [0.4, 0.5) is 0 Å². The Hall–Kier alpha value is -2.85. The fraction of sp³-hybridized carbons (Fsp3) is 0.176. The molecule has 1 aromatic carbocycles. The molecule has 0 N–H and O–H groups in total. The minimum Gasteiger partial charge on any atom is -0.454 e. The van der Waals surface area contributed by atoms with Crippen molar-refractivity contribution in [3.05, 3.63) is 41.6 Å². The van der Waals surface area contributed by atoms with Crippen LogP contribution in [0.5, 0.6) is 11.5 Å². The summed E-state index contributed by atoms with van der Waals surface area (Å²) in [6, 6.07) is 9.37. The monoisotopic (exact) mass is 400 g/mol. The predicted molar refractivity (Wildman–Crippen MR) is 97.7 cm³/mol. The van der Waals surface area contributed by atoms with Crippen LogP contribution in [0.3, 0.4) is 0 Å². The van der Waals surface area contributed by atoms with E-state index in [1.807, 2.05) is 42.6 Å². The number of thioether (sulfide) groups is 1. The summed E-state index contributed by atoms with van der Waals surface area (Å²) in [5.41, 5.74) is 0.768. The van der Waals surface area contributed by atoms with Gasteiger partial charge in [-0.15, -0.1) is 31.7 Å². The van der Waals surface area contributed by atoms with Crippen LogP contribution in [0.25, 0.3) is 22.2 Å². The number of benzene rings is 1. The van der Waals surface area contributed by atoms with Gasteiger partial charge in [-0.1, -0.05) is 17.8 Å². The maximum absolute atomic E-state index is 5.76. The van der Waals surface area contributed by atoms with Crippen LogP contribution < -0.4 is 9.47 Å². The molecule has 5 rings (SSSR count). The highest BCUT2D eigenvalue weighted by Gasteiger charge is 2.21. The van der Waals surface area contributed by atoms with Crippen LogP contribution in [0.15, 0.2) is 49.8 Å². The third kappa shape index (κ3) is 3.17. The minimum absolute atomic E-state index is 0.128. The molecule has 0 saturated carbocycles.